The lowest BCUT2D eigenvalue weighted by molar-refractivity contribution is 0.299. The van der Waals surface area contributed by atoms with E-state index >= 15 is 0 Å². The Kier molecular flexibility index (Phi) is 5.36. The van der Waals surface area contributed by atoms with Crippen LogP contribution >= 0.6 is 23.2 Å². The van der Waals surface area contributed by atoms with Gasteiger partial charge in [0.1, 0.15) is 0 Å². The quantitative estimate of drug-likeness (QED) is 0.407. The number of aliphatic hydroxyl groups is 1. The summed E-state index contributed by atoms with van der Waals surface area (Å²) in [4.78, 5) is 4.91. The van der Waals surface area contributed by atoms with Gasteiger partial charge in [-0.2, -0.15) is 0 Å². The fourth-order valence-electron chi connectivity index (χ4n) is 3.61. The van der Waals surface area contributed by atoms with E-state index in [2.05, 4.69) is 19.1 Å². The van der Waals surface area contributed by atoms with Crippen molar-refractivity contribution in [3.05, 3.63) is 87.9 Å². The normalized spacial score (nSPS) is 11.1. The third-order valence-corrected chi connectivity index (χ3v) is 5.46. The van der Waals surface area contributed by atoms with Crippen molar-refractivity contribution in [2.24, 2.45) is 0 Å². The van der Waals surface area contributed by atoms with Crippen molar-refractivity contribution in [3.8, 4) is 22.4 Å². The molecule has 2 nitrogen and oxygen atoms in total. The molecule has 1 N–H and O–H groups in total. The standard InChI is InChI=1S/C24H19Cl2NO/c1-15-14-23-21(10-11-22(27-23)16-2-6-18(25)7-3-16)24(20(15)12-13-28)17-4-8-19(26)9-5-17/h2-11,14,28H,12-13H2,1H3. The SMILES string of the molecule is Cc1cc2nc(-c3ccc(Cl)cc3)ccc2c(-c2ccc(Cl)cc2)c1CCO. The largest absolute Gasteiger partial charge is 0.396 e. The highest BCUT2D eigenvalue weighted by Gasteiger charge is 2.15. The van der Waals surface area contributed by atoms with Crippen LogP contribution in [0.1, 0.15) is 11.1 Å². The molecule has 0 fully saturated rings. The van der Waals surface area contributed by atoms with Gasteiger partial charge in [0.2, 0.25) is 0 Å². The van der Waals surface area contributed by atoms with Gasteiger partial charge in [-0.25, -0.2) is 4.98 Å². The Bertz CT molecular complexity index is 1140. The molecule has 0 aliphatic carbocycles. The van der Waals surface area contributed by atoms with E-state index in [1.54, 1.807) is 0 Å². The van der Waals surface area contributed by atoms with Crippen molar-refractivity contribution in [2.45, 2.75) is 13.3 Å². The molecule has 0 aliphatic heterocycles. The van der Waals surface area contributed by atoms with Crippen LogP contribution in [0.3, 0.4) is 0 Å². The zero-order chi connectivity index (χ0) is 19.7. The van der Waals surface area contributed by atoms with E-state index in [0.717, 1.165) is 44.4 Å². The molecule has 140 valence electrons. The molecule has 0 bridgehead atoms. The second kappa shape index (κ2) is 7.92. The summed E-state index contributed by atoms with van der Waals surface area (Å²) >= 11 is 12.1. The fraction of sp³-hybridized carbons (Fsp3) is 0.125. The van der Waals surface area contributed by atoms with Crippen molar-refractivity contribution in [3.63, 3.8) is 0 Å². The first kappa shape index (κ1) is 18.9. The summed E-state index contributed by atoms with van der Waals surface area (Å²) in [6.07, 6.45) is 0.596. The van der Waals surface area contributed by atoms with Crippen LogP contribution in [0, 0.1) is 6.92 Å². The number of fused-ring (bicyclic) bond motifs is 1. The van der Waals surface area contributed by atoms with Crippen LogP contribution in [0.2, 0.25) is 10.0 Å². The molecule has 0 spiro atoms. The lowest BCUT2D eigenvalue weighted by Crippen LogP contribution is -2.00. The summed E-state index contributed by atoms with van der Waals surface area (Å²) in [6, 6.07) is 21.8. The van der Waals surface area contributed by atoms with Crippen molar-refractivity contribution in [1.29, 1.82) is 0 Å². The van der Waals surface area contributed by atoms with Crippen molar-refractivity contribution < 1.29 is 5.11 Å². The van der Waals surface area contributed by atoms with Crippen LogP contribution in [-0.2, 0) is 6.42 Å². The summed E-state index contributed by atoms with van der Waals surface area (Å²) in [5.41, 5.74) is 7.29. The first-order valence-corrected chi connectivity index (χ1v) is 9.88. The van der Waals surface area contributed by atoms with Crippen molar-refractivity contribution in [2.75, 3.05) is 6.61 Å². The first-order chi connectivity index (χ1) is 13.6. The number of aryl methyl sites for hydroxylation is 1. The molecule has 28 heavy (non-hydrogen) atoms. The summed E-state index contributed by atoms with van der Waals surface area (Å²) in [5.74, 6) is 0. The number of nitrogens with zero attached hydrogens (tertiary/aromatic N) is 1. The van der Waals surface area contributed by atoms with Crippen LogP contribution < -0.4 is 0 Å². The van der Waals surface area contributed by atoms with Gasteiger partial charge in [-0.05, 0) is 72.0 Å². The highest BCUT2D eigenvalue weighted by Crippen LogP contribution is 2.36. The van der Waals surface area contributed by atoms with Crippen LogP contribution in [0.5, 0.6) is 0 Å². The number of aromatic nitrogens is 1. The molecule has 0 saturated heterocycles. The third kappa shape index (κ3) is 3.64. The molecule has 4 heteroatoms. The van der Waals surface area contributed by atoms with Crippen LogP contribution in [0.25, 0.3) is 33.3 Å². The van der Waals surface area contributed by atoms with Gasteiger partial charge in [0.05, 0.1) is 11.2 Å². The highest BCUT2D eigenvalue weighted by molar-refractivity contribution is 6.31. The molecule has 1 heterocycles. The van der Waals surface area contributed by atoms with Crippen molar-refractivity contribution in [1.82, 2.24) is 4.98 Å². The molecule has 0 atom stereocenters. The molecule has 0 saturated carbocycles. The van der Waals surface area contributed by atoms with Gasteiger partial charge < -0.3 is 5.11 Å². The van der Waals surface area contributed by atoms with E-state index in [4.69, 9.17) is 28.2 Å². The van der Waals surface area contributed by atoms with E-state index < -0.39 is 0 Å². The van der Waals surface area contributed by atoms with Gasteiger partial charge in [-0.3, -0.25) is 0 Å². The van der Waals surface area contributed by atoms with E-state index in [1.807, 2.05) is 54.6 Å². The third-order valence-electron chi connectivity index (χ3n) is 4.96. The lowest BCUT2D eigenvalue weighted by Gasteiger charge is -2.16. The first-order valence-electron chi connectivity index (χ1n) is 9.13. The monoisotopic (exact) mass is 407 g/mol. The van der Waals surface area contributed by atoms with Crippen LogP contribution in [0.15, 0.2) is 66.7 Å². The van der Waals surface area contributed by atoms with Crippen molar-refractivity contribution >= 4 is 34.1 Å². The maximum atomic E-state index is 9.60. The molecule has 0 radical (unpaired) electrons. The molecular formula is C24H19Cl2NO. The van der Waals surface area contributed by atoms with Gasteiger partial charge >= 0.3 is 0 Å². The van der Waals surface area contributed by atoms with Crippen LogP contribution in [-0.4, -0.2) is 16.7 Å². The fourth-order valence-corrected chi connectivity index (χ4v) is 3.86. The number of benzene rings is 3. The maximum absolute atomic E-state index is 9.60. The maximum Gasteiger partial charge on any atom is 0.0718 e. The Labute approximate surface area is 174 Å². The van der Waals surface area contributed by atoms with E-state index in [9.17, 15) is 5.11 Å². The predicted octanol–water partition coefficient (Wildman–Crippen LogP) is 6.72. The molecule has 4 rings (SSSR count). The average Bonchev–Trinajstić information content (AvgIpc) is 2.70. The second-order valence-corrected chi connectivity index (χ2v) is 7.67. The predicted molar refractivity (Wildman–Crippen MR) is 118 cm³/mol. The van der Waals surface area contributed by atoms with Gasteiger partial charge in [-0.15, -0.1) is 0 Å². The van der Waals surface area contributed by atoms with E-state index in [1.165, 1.54) is 0 Å². The molecule has 0 amide bonds. The van der Waals surface area contributed by atoms with Gasteiger partial charge in [0.15, 0.2) is 0 Å². The van der Waals surface area contributed by atoms with Gasteiger partial charge in [0, 0.05) is 27.6 Å². The minimum Gasteiger partial charge on any atom is -0.396 e. The smallest absolute Gasteiger partial charge is 0.0718 e. The summed E-state index contributed by atoms with van der Waals surface area (Å²) in [7, 11) is 0. The molecule has 4 aromatic rings. The Morgan fingerprint density at radius 3 is 2.04 bits per heavy atom. The minimum atomic E-state index is 0.100. The molecule has 0 unspecified atom stereocenters. The second-order valence-electron chi connectivity index (χ2n) is 6.80. The van der Waals surface area contributed by atoms with E-state index in [0.29, 0.717) is 16.5 Å². The number of aliphatic hydroxyl groups excluding tert-OH is 1. The molecule has 1 aromatic heterocycles. The average molecular weight is 408 g/mol. The number of hydrogen-bond donors (Lipinski definition) is 1. The van der Waals surface area contributed by atoms with Gasteiger partial charge in [-0.1, -0.05) is 53.5 Å². The topological polar surface area (TPSA) is 33.1 Å². The highest BCUT2D eigenvalue weighted by atomic mass is 35.5. The van der Waals surface area contributed by atoms with Gasteiger partial charge in [0.25, 0.3) is 0 Å². The number of halogens is 2. The number of hydrogen-bond acceptors (Lipinski definition) is 2. The number of pyridine rings is 1. The lowest BCUT2D eigenvalue weighted by atomic mass is 9.90. The minimum absolute atomic E-state index is 0.100. The molecule has 3 aromatic carbocycles. The Morgan fingerprint density at radius 2 is 1.43 bits per heavy atom. The zero-order valence-corrected chi connectivity index (χ0v) is 16.9. The number of rotatable bonds is 4. The molecule has 0 aliphatic rings. The Balaban J connectivity index is 1.95. The Hall–Kier alpha value is -2.39. The summed E-state index contributed by atoms with van der Waals surface area (Å²) in [5, 5.41) is 12.1. The van der Waals surface area contributed by atoms with Crippen LogP contribution in [0.4, 0.5) is 0 Å². The van der Waals surface area contributed by atoms with E-state index in [-0.39, 0.29) is 6.61 Å². The summed E-state index contributed by atoms with van der Waals surface area (Å²) in [6.45, 7) is 2.17. The zero-order valence-electron chi connectivity index (χ0n) is 15.4. The summed E-state index contributed by atoms with van der Waals surface area (Å²) < 4.78 is 0. The Morgan fingerprint density at radius 1 is 0.821 bits per heavy atom. The molecular weight excluding hydrogens is 389 g/mol.